The van der Waals surface area contributed by atoms with E-state index in [0.717, 1.165) is 19.9 Å². The molecule has 0 aliphatic carbocycles. The lowest BCUT2D eigenvalue weighted by atomic mass is 9.83. The van der Waals surface area contributed by atoms with Gasteiger partial charge in [0.2, 0.25) is 0 Å². The van der Waals surface area contributed by atoms with Gasteiger partial charge < -0.3 is 10.3 Å². The van der Waals surface area contributed by atoms with E-state index in [4.69, 9.17) is 0 Å². The first kappa shape index (κ1) is 22.1. The third-order valence-corrected chi connectivity index (χ3v) is 4.94. The third-order valence-electron chi connectivity index (χ3n) is 4.94. The van der Waals surface area contributed by atoms with Crippen molar-refractivity contribution in [3.05, 3.63) is 76.0 Å². The summed E-state index contributed by atoms with van der Waals surface area (Å²) in [5.41, 5.74) is -1.96. The van der Waals surface area contributed by atoms with Gasteiger partial charge in [0, 0.05) is 18.5 Å². The highest BCUT2D eigenvalue weighted by molar-refractivity contribution is 5.92. The molecule has 1 aromatic carbocycles. The molecule has 0 aliphatic rings. The van der Waals surface area contributed by atoms with E-state index in [0.29, 0.717) is 5.56 Å². The van der Waals surface area contributed by atoms with Crippen LogP contribution in [0, 0.1) is 0 Å². The second-order valence-electron chi connectivity index (χ2n) is 7.49. The second-order valence-corrected chi connectivity index (χ2v) is 7.49. The molecule has 7 nitrogen and oxygen atoms in total. The fourth-order valence-electron chi connectivity index (χ4n) is 2.81. The van der Waals surface area contributed by atoms with Gasteiger partial charge in [-0.15, -0.1) is 0 Å². The van der Waals surface area contributed by atoms with Gasteiger partial charge in [0.1, 0.15) is 5.69 Å². The maximum Gasteiger partial charge on any atom is 0.397 e. The Morgan fingerprint density at radius 3 is 2.29 bits per heavy atom. The monoisotopic (exact) mass is 431 g/mol. The number of hydrogen-bond acceptors (Lipinski definition) is 5. The number of amides is 1. The van der Waals surface area contributed by atoms with Crippen LogP contribution in [-0.4, -0.2) is 32.0 Å². The smallest absolute Gasteiger partial charge is 0.344 e. The number of carbonyl (C=O) groups excluding carboxylic acids is 1. The standard InChI is InChI=1S/C21H20F3N5O2/c1-12(13-5-7-14(8-6-13)20(2,3)21(22,23)24)27-19(31)15-11-16(30)29-18(28-15)17-25-9-4-10-26-17/h4-12H,1-3H3,(H,27,31)(H,28,29,30)/t12-/m1/s1. The maximum absolute atomic E-state index is 13.2. The predicted molar refractivity (Wildman–Crippen MR) is 107 cm³/mol. The van der Waals surface area contributed by atoms with Gasteiger partial charge in [-0.1, -0.05) is 24.3 Å². The van der Waals surface area contributed by atoms with E-state index in [-0.39, 0.29) is 22.9 Å². The average Bonchev–Trinajstić information content (AvgIpc) is 2.73. The zero-order chi connectivity index (χ0) is 22.8. The van der Waals surface area contributed by atoms with Crippen LogP contribution in [0.2, 0.25) is 0 Å². The number of carbonyl (C=O) groups is 1. The number of aromatic nitrogens is 4. The molecule has 0 radical (unpaired) electrons. The molecule has 2 N–H and O–H groups in total. The summed E-state index contributed by atoms with van der Waals surface area (Å²) in [5, 5.41) is 2.69. The molecule has 2 aromatic heterocycles. The predicted octanol–water partition coefficient (Wildman–Crippen LogP) is 3.56. The number of benzene rings is 1. The number of nitrogens with zero attached hydrogens (tertiary/aromatic N) is 3. The van der Waals surface area contributed by atoms with E-state index < -0.39 is 29.1 Å². The van der Waals surface area contributed by atoms with Crippen molar-refractivity contribution in [1.29, 1.82) is 0 Å². The maximum atomic E-state index is 13.2. The number of nitrogens with one attached hydrogen (secondary N) is 2. The zero-order valence-electron chi connectivity index (χ0n) is 17.0. The van der Waals surface area contributed by atoms with Gasteiger partial charge >= 0.3 is 6.18 Å². The van der Waals surface area contributed by atoms with Gasteiger partial charge in [-0.3, -0.25) is 9.59 Å². The highest BCUT2D eigenvalue weighted by Crippen LogP contribution is 2.40. The molecule has 0 fully saturated rings. The minimum atomic E-state index is -4.39. The van der Waals surface area contributed by atoms with Crippen LogP contribution < -0.4 is 10.9 Å². The zero-order valence-corrected chi connectivity index (χ0v) is 17.0. The molecule has 0 aliphatic heterocycles. The van der Waals surface area contributed by atoms with E-state index in [1.807, 2.05) is 0 Å². The summed E-state index contributed by atoms with van der Waals surface area (Å²) in [6.45, 7) is 3.90. The molecule has 0 spiro atoms. The molecule has 0 saturated carbocycles. The molecule has 3 rings (SSSR count). The molecule has 0 unspecified atom stereocenters. The summed E-state index contributed by atoms with van der Waals surface area (Å²) in [6.07, 6.45) is -1.44. The van der Waals surface area contributed by atoms with Crippen LogP contribution in [0.4, 0.5) is 13.2 Å². The van der Waals surface area contributed by atoms with Crippen LogP contribution in [0.25, 0.3) is 11.6 Å². The van der Waals surface area contributed by atoms with E-state index >= 15 is 0 Å². The van der Waals surface area contributed by atoms with Crippen LogP contribution in [0.15, 0.2) is 53.6 Å². The van der Waals surface area contributed by atoms with E-state index in [9.17, 15) is 22.8 Å². The molecule has 0 bridgehead atoms. The van der Waals surface area contributed by atoms with Crippen molar-refractivity contribution in [2.24, 2.45) is 0 Å². The number of aromatic amines is 1. The van der Waals surface area contributed by atoms with Crippen LogP contribution >= 0.6 is 0 Å². The molecule has 1 atom stereocenters. The van der Waals surface area contributed by atoms with Gasteiger partial charge in [0.15, 0.2) is 11.6 Å². The lowest BCUT2D eigenvalue weighted by Gasteiger charge is -2.28. The van der Waals surface area contributed by atoms with Crippen LogP contribution in [0.1, 0.15) is 48.4 Å². The van der Waals surface area contributed by atoms with Crippen molar-refractivity contribution >= 4 is 5.91 Å². The Hall–Kier alpha value is -3.56. The number of H-pyrrole nitrogens is 1. The highest BCUT2D eigenvalue weighted by atomic mass is 19.4. The van der Waals surface area contributed by atoms with Crippen molar-refractivity contribution in [3.63, 3.8) is 0 Å². The molecule has 10 heteroatoms. The normalized spacial score (nSPS) is 13.0. The van der Waals surface area contributed by atoms with Gasteiger partial charge in [0.05, 0.1) is 11.5 Å². The summed E-state index contributed by atoms with van der Waals surface area (Å²) < 4.78 is 39.7. The molecule has 162 valence electrons. The lowest BCUT2D eigenvalue weighted by Crippen LogP contribution is -2.36. The largest absolute Gasteiger partial charge is 0.397 e. The summed E-state index contributed by atoms with van der Waals surface area (Å²) >= 11 is 0. The summed E-state index contributed by atoms with van der Waals surface area (Å²) in [4.78, 5) is 39.1. The Labute approximate surface area is 175 Å². The Balaban J connectivity index is 1.78. The Morgan fingerprint density at radius 2 is 1.71 bits per heavy atom. The second kappa shape index (κ2) is 8.29. The van der Waals surface area contributed by atoms with E-state index in [2.05, 4.69) is 25.3 Å². The van der Waals surface area contributed by atoms with Crippen LogP contribution in [0.3, 0.4) is 0 Å². The third kappa shape index (κ3) is 4.79. The van der Waals surface area contributed by atoms with Crippen molar-refractivity contribution < 1.29 is 18.0 Å². The van der Waals surface area contributed by atoms with Gasteiger partial charge in [-0.25, -0.2) is 15.0 Å². The molecular weight excluding hydrogens is 411 g/mol. The first-order chi connectivity index (χ1) is 14.5. The fraction of sp³-hybridized carbons (Fsp3) is 0.286. The fourth-order valence-corrected chi connectivity index (χ4v) is 2.81. The molecule has 2 heterocycles. The van der Waals surface area contributed by atoms with Crippen molar-refractivity contribution in [1.82, 2.24) is 25.3 Å². The van der Waals surface area contributed by atoms with Crippen LogP contribution in [0.5, 0.6) is 0 Å². The van der Waals surface area contributed by atoms with E-state index in [1.54, 1.807) is 13.0 Å². The van der Waals surface area contributed by atoms with Gasteiger partial charge in [0.25, 0.3) is 11.5 Å². The quantitative estimate of drug-likeness (QED) is 0.643. The summed E-state index contributed by atoms with van der Waals surface area (Å²) in [5.74, 6) is -0.412. The Kier molecular flexibility index (Phi) is 5.92. The number of halogens is 3. The minimum absolute atomic E-state index is 0.0460. The summed E-state index contributed by atoms with van der Waals surface area (Å²) in [7, 11) is 0. The molecule has 0 saturated heterocycles. The van der Waals surface area contributed by atoms with Crippen molar-refractivity contribution in [2.75, 3.05) is 0 Å². The number of alkyl halides is 3. The lowest BCUT2D eigenvalue weighted by molar-refractivity contribution is -0.180. The molecule has 3 aromatic rings. The minimum Gasteiger partial charge on any atom is -0.344 e. The summed E-state index contributed by atoms with van der Waals surface area (Å²) in [6, 6.07) is 7.95. The SMILES string of the molecule is C[C@@H](NC(=O)c1cc(=O)[nH]c(-c2ncccn2)n1)c1ccc(C(C)(C)C(F)(F)F)cc1. The number of hydrogen-bond donors (Lipinski definition) is 2. The topological polar surface area (TPSA) is 101 Å². The van der Waals surface area contributed by atoms with Crippen molar-refractivity contribution in [2.45, 2.75) is 38.4 Å². The van der Waals surface area contributed by atoms with Gasteiger partial charge in [-0.05, 0) is 38.0 Å². The number of rotatable bonds is 5. The molecular formula is C21H20F3N5O2. The van der Waals surface area contributed by atoms with Gasteiger partial charge in [-0.2, -0.15) is 13.2 Å². The molecule has 1 amide bonds. The van der Waals surface area contributed by atoms with E-state index in [1.165, 1.54) is 36.7 Å². The highest BCUT2D eigenvalue weighted by Gasteiger charge is 2.48. The Morgan fingerprint density at radius 1 is 1.10 bits per heavy atom. The molecule has 31 heavy (non-hydrogen) atoms. The van der Waals surface area contributed by atoms with Crippen molar-refractivity contribution in [3.8, 4) is 11.6 Å². The first-order valence-corrected chi connectivity index (χ1v) is 9.36. The average molecular weight is 431 g/mol. The first-order valence-electron chi connectivity index (χ1n) is 9.36. The van der Waals surface area contributed by atoms with Crippen LogP contribution in [-0.2, 0) is 5.41 Å². The Bertz CT molecular complexity index is 1130.